The third kappa shape index (κ3) is 3.38. The number of rotatable bonds is 4. The topological polar surface area (TPSA) is 47.3 Å². The predicted octanol–water partition coefficient (Wildman–Crippen LogP) is 2.97. The summed E-state index contributed by atoms with van der Waals surface area (Å²) < 4.78 is 5.86. The Bertz CT molecular complexity index is 600. The van der Waals surface area contributed by atoms with Crippen LogP contribution in [-0.2, 0) is 12.8 Å². The molecule has 110 valence electrons. The summed E-state index contributed by atoms with van der Waals surface area (Å²) in [4.78, 5) is 0. The fourth-order valence-corrected chi connectivity index (χ4v) is 2.97. The van der Waals surface area contributed by atoms with Crippen molar-refractivity contribution < 1.29 is 4.74 Å². The number of para-hydroxylation sites is 1. The lowest BCUT2D eigenvalue weighted by molar-refractivity contribution is 0.183. The molecule has 0 saturated carbocycles. The van der Waals surface area contributed by atoms with Gasteiger partial charge in [-0.15, -0.1) is 0 Å². The molecule has 0 aromatic heterocycles. The molecule has 4 heteroatoms. The Morgan fingerprint density at radius 2 is 1.95 bits per heavy atom. The van der Waals surface area contributed by atoms with Crippen LogP contribution in [0.1, 0.15) is 11.1 Å². The first kappa shape index (κ1) is 14.4. The van der Waals surface area contributed by atoms with E-state index in [-0.39, 0.29) is 6.04 Å². The molecule has 0 saturated heterocycles. The minimum atomic E-state index is 0.180. The first-order valence-electron chi connectivity index (χ1n) is 7.17. The number of benzene rings is 2. The van der Waals surface area contributed by atoms with Crippen LogP contribution in [0.15, 0.2) is 48.5 Å². The van der Waals surface area contributed by atoms with E-state index in [1.807, 2.05) is 36.4 Å². The van der Waals surface area contributed by atoms with Crippen molar-refractivity contribution in [1.29, 1.82) is 0 Å². The largest absolute Gasteiger partial charge is 0.493 e. The maximum absolute atomic E-state index is 5.93. The first-order chi connectivity index (χ1) is 10.3. The minimum absolute atomic E-state index is 0.180. The third-order valence-electron chi connectivity index (χ3n) is 4.06. The molecule has 0 bridgehead atoms. The highest BCUT2D eigenvalue weighted by Crippen LogP contribution is 2.29. The van der Waals surface area contributed by atoms with E-state index in [1.165, 1.54) is 11.1 Å². The Morgan fingerprint density at radius 1 is 1.19 bits per heavy atom. The second-order valence-electron chi connectivity index (χ2n) is 5.49. The lowest BCUT2D eigenvalue weighted by atomic mass is 9.87. The van der Waals surface area contributed by atoms with Crippen molar-refractivity contribution in [3.8, 4) is 5.75 Å². The van der Waals surface area contributed by atoms with Gasteiger partial charge < -0.3 is 4.74 Å². The number of nitrogens with two attached hydrogens (primary N) is 1. The van der Waals surface area contributed by atoms with Gasteiger partial charge in [-0.2, -0.15) is 0 Å². The molecule has 21 heavy (non-hydrogen) atoms. The zero-order valence-corrected chi connectivity index (χ0v) is 12.5. The molecule has 0 fully saturated rings. The van der Waals surface area contributed by atoms with Crippen molar-refractivity contribution in [3.05, 3.63) is 64.7 Å². The van der Waals surface area contributed by atoms with Gasteiger partial charge >= 0.3 is 0 Å². The van der Waals surface area contributed by atoms with E-state index in [9.17, 15) is 0 Å². The van der Waals surface area contributed by atoms with Crippen molar-refractivity contribution in [3.63, 3.8) is 0 Å². The highest BCUT2D eigenvalue weighted by molar-refractivity contribution is 6.30. The molecule has 1 aliphatic rings. The van der Waals surface area contributed by atoms with Gasteiger partial charge in [0, 0.05) is 17.0 Å². The number of nitrogens with one attached hydrogen (secondary N) is 1. The molecule has 2 aromatic carbocycles. The number of hydrogen-bond donors (Lipinski definition) is 2. The number of ether oxygens (including phenoxy) is 1. The molecule has 0 spiro atoms. The maximum Gasteiger partial charge on any atom is 0.122 e. The summed E-state index contributed by atoms with van der Waals surface area (Å²) in [5, 5.41) is 0.755. The van der Waals surface area contributed by atoms with Gasteiger partial charge in [-0.25, -0.2) is 0 Å². The van der Waals surface area contributed by atoms with Crippen LogP contribution in [0, 0.1) is 5.92 Å². The van der Waals surface area contributed by atoms with Crippen LogP contribution in [0.25, 0.3) is 0 Å². The number of hydrogen-bond acceptors (Lipinski definition) is 3. The van der Waals surface area contributed by atoms with Gasteiger partial charge in [-0.05, 0) is 42.2 Å². The molecular weight excluding hydrogens is 284 g/mol. The first-order valence-corrected chi connectivity index (χ1v) is 7.55. The molecule has 2 unspecified atom stereocenters. The van der Waals surface area contributed by atoms with Crippen LogP contribution in [-0.4, -0.2) is 12.6 Å². The van der Waals surface area contributed by atoms with Crippen LogP contribution in [0.5, 0.6) is 5.75 Å². The average Bonchev–Trinajstić information content (AvgIpc) is 2.54. The van der Waals surface area contributed by atoms with Gasteiger partial charge in [0.25, 0.3) is 0 Å². The van der Waals surface area contributed by atoms with E-state index in [0.29, 0.717) is 12.5 Å². The summed E-state index contributed by atoms with van der Waals surface area (Å²) in [6.07, 6.45) is 1.85. The van der Waals surface area contributed by atoms with Crippen molar-refractivity contribution in [1.82, 2.24) is 5.43 Å². The second kappa shape index (κ2) is 6.48. The molecule has 1 heterocycles. The molecule has 0 amide bonds. The monoisotopic (exact) mass is 302 g/mol. The normalized spacial score (nSPS) is 18.7. The molecule has 2 aromatic rings. The summed E-state index contributed by atoms with van der Waals surface area (Å²) in [5.74, 6) is 7.13. The lowest BCUT2D eigenvalue weighted by Crippen LogP contribution is -2.46. The number of fused-ring (bicyclic) bond motifs is 1. The number of halogens is 1. The summed E-state index contributed by atoms with van der Waals surface area (Å²) in [7, 11) is 0. The van der Waals surface area contributed by atoms with Gasteiger partial charge in [0.15, 0.2) is 0 Å². The molecule has 1 aliphatic heterocycles. The van der Waals surface area contributed by atoms with E-state index >= 15 is 0 Å². The minimum Gasteiger partial charge on any atom is -0.493 e. The molecule has 2 atom stereocenters. The molecule has 0 aliphatic carbocycles. The standard InChI is InChI=1S/C17H19ClN2O/c18-15-7-5-12(6-8-15)9-16(20-19)14-10-13-3-1-2-4-17(13)21-11-14/h1-8,14,16,20H,9-11,19H2. The summed E-state index contributed by atoms with van der Waals surface area (Å²) in [6, 6.07) is 16.3. The van der Waals surface area contributed by atoms with E-state index in [1.54, 1.807) is 0 Å². The predicted molar refractivity (Wildman–Crippen MR) is 85.4 cm³/mol. The van der Waals surface area contributed by atoms with Crippen molar-refractivity contribution >= 4 is 11.6 Å². The van der Waals surface area contributed by atoms with Gasteiger partial charge in [0.05, 0.1) is 6.61 Å². The average molecular weight is 303 g/mol. The second-order valence-corrected chi connectivity index (χ2v) is 5.92. The summed E-state index contributed by atoms with van der Waals surface area (Å²) >= 11 is 5.93. The maximum atomic E-state index is 5.93. The van der Waals surface area contributed by atoms with E-state index < -0.39 is 0 Å². The van der Waals surface area contributed by atoms with Crippen molar-refractivity contribution in [2.45, 2.75) is 18.9 Å². The Balaban J connectivity index is 1.71. The van der Waals surface area contributed by atoms with Crippen LogP contribution < -0.4 is 16.0 Å². The van der Waals surface area contributed by atoms with Gasteiger partial charge in [0.2, 0.25) is 0 Å². The molecule has 3 N–H and O–H groups in total. The Labute approximate surface area is 130 Å². The molecule has 3 nitrogen and oxygen atoms in total. The van der Waals surface area contributed by atoms with Gasteiger partial charge in [-0.1, -0.05) is 41.9 Å². The summed E-state index contributed by atoms with van der Waals surface area (Å²) in [6.45, 7) is 0.694. The van der Waals surface area contributed by atoms with E-state index in [0.717, 1.165) is 23.6 Å². The van der Waals surface area contributed by atoms with Crippen molar-refractivity contribution in [2.24, 2.45) is 11.8 Å². The lowest BCUT2D eigenvalue weighted by Gasteiger charge is -2.31. The van der Waals surface area contributed by atoms with Crippen LogP contribution in [0.4, 0.5) is 0 Å². The smallest absolute Gasteiger partial charge is 0.122 e. The van der Waals surface area contributed by atoms with Crippen LogP contribution >= 0.6 is 11.6 Å². The van der Waals surface area contributed by atoms with E-state index in [4.69, 9.17) is 22.2 Å². The van der Waals surface area contributed by atoms with E-state index in [2.05, 4.69) is 17.6 Å². The van der Waals surface area contributed by atoms with Gasteiger partial charge in [0.1, 0.15) is 5.75 Å². The zero-order valence-electron chi connectivity index (χ0n) is 11.8. The fraction of sp³-hybridized carbons (Fsp3) is 0.294. The van der Waals surface area contributed by atoms with Crippen LogP contribution in [0.2, 0.25) is 5.02 Å². The fourth-order valence-electron chi connectivity index (χ4n) is 2.85. The quantitative estimate of drug-likeness (QED) is 0.674. The summed E-state index contributed by atoms with van der Waals surface area (Å²) in [5.41, 5.74) is 5.43. The SMILES string of the molecule is NNC(Cc1ccc(Cl)cc1)C1COc2ccccc2C1. The van der Waals surface area contributed by atoms with Crippen LogP contribution in [0.3, 0.4) is 0 Å². The third-order valence-corrected chi connectivity index (χ3v) is 4.31. The molecule has 0 radical (unpaired) electrons. The Morgan fingerprint density at radius 3 is 2.71 bits per heavy atom. The zero-order chi connectivity index (χ0) is 14.7. The number of hydrazine groups is 1. The van der Waals surface area contributed by atoms with Gasteiger partial charge in [-0.3, -0.25) is 11.3 Å². The van der Waals surface area contributed by atoms with Crippen molar-refractivity contribution in [2.75, 3.05) is 6.61 Å². The molecular formula is C17H19ClN2O. The highest BCUT2D eigenvalue weighted by Gasteiger charge is 2.26. The highest BCUT2D eigenvalue weighted by atomic mass is 35.5. The molecule has 3 rings (SSSR count). The Kier molecular flexibility index (Phi) is 4.44. The Hall–Kier alpha value is -1.55.